The van der Waals surface area contributed by atoms with Gasteiger partial charge in [-0.05, 0) is 43.9 Å². The van der Waals surface area contributed by atoms with Crippen LogP contribution >= 0.6 is 22.7 Å². The molecule has 4 heteroatoms. The molecule has 0 saturated heterocycles. The van der Waals surface area contributed by atoms with E-state index in [1.807, 2.05) is 49.1 Å². The summed E-state index contributed by atoms with van der Waals surface area (Å²) < 4.78 is 0. The molecule has 0 saturated carbocycles. The van der Waals surface area contributed by atoms with Crippen molar-refractivity contribution in [1.82, 2.24) is 4.90 Å². The molecule has 1 unspecified atom stereocenters. The van der Waals surface area contributed by atoms with E-state index in [2.05, 4.69) is 11.8 Å². The summed E-state index contributed by atoms with van der Waals surface area (Å²) >= 11 is 3.21. The summed E-state index contributed by atoms with van der Waals surface area (Å²) in [6, 6.07) is 8.01. The van der Waals surface area contributed by atoms with Gasteiger partial charge >= 0.3 is 0 Å². The molecule has 2 aromatic rings. The van der Waals surface area contributed by atoms with Crippen molar-refractivity contribution in [3.8, 4) is 0 Å². The molecule has 0 spiro atoms. The quantitative estimate of drug-likeness (QED) is 0.920. The highest BCUT2D eigenvalue weighted by molar-refractivity contribution is 7.11. The second-order valence-electron chi connectivity index (χ2n) is 4.36. The van der Waals surface area contributed by atoms with E-state index < -0.39 is 5.60 Å². The summed E-state index contributed by atoms with van der Waals surface area (Å²) in [6.45, 7) is 2.06. The van der Waals surface area contributed by atoms with Gasteiger partial charge in [0.15, 0.2) is 0 Å². The summed E-state index contributed by atoms with van der Waals surface area (Å²) in [5.41, 5.74) is -0.911. The predicted molar refractivity (Wildman–Crippen MR) is 74.8 cm³/mol. The van der Waals surface area contributed by atoms with Crippen molar-refractivity contribution in [2.75, 3.05) is 14.1 Å². The Hall–Kier alpha value is -0.680. The van der Waals surface area contributed by atoms with Crippen LogP contribution in [0.15, 0.2) is 35.0 Å². The zero-order valence-corrected chi connectivity index (χ0v) is 11.9. The second kappa shape index (κ2) is 4.90. The molecule has 0 aromatic carbocycles. The van der Waals surface area contributed by atoms with Crippen molar-refractivity contribution >= 4 is 22.7 Å². The number of aliphatic hydroxyl groups is 1. The van der Waals surface area contributed by atoms with Crippen LogP contribution in [0.4, 0.5) is 0 Å². The van der Waals surface area contributed by atoms with Crippen molar-refractivity contribution in [3.05, 3.63) is 44.8 Å². The smallest absolute Gasteiger partial charge is 0.148 e. The van der Waals surface area contributed by atoms with Crippen LogP contribution in [-0.4, -0.2) is 30.1 Å². The Morgan fingerprint density at radius 1 is 1.12 bits per heavy atom. The van der Waals surface area contributed by atoms with Gasteiger partial charge in [0.05, 0.1) is 0 Å². The van der Waals surface area contributed by atoms with E-state index in [0.717, 1.165) is 9.75 Å². The first-order valence-corrected chi connectivity index (χ1v) is 7.29. The lowest BCUT2D eigenvalue weighted by atomic mass is 9.91. The van der Waals surface area contributed by atoms with Gasteiger partial charge in [-0.1, -0.05) is 12.1 Å². The summed E-state index contributed by atoms with van der Waals surface area (Å²) in [5.74, 6) is 0. The lowest BCUT2D eigenvalue weighted by molar-refractivity contribution is 0.0113. The van der Waals surface area contributed by atoms with Gasteiger partial charge in [-0.25, -0.2) is 0 Å². The first kappa shape index (κ1) is 12.8. The van der Waals surface area contributed by atoms with Crippen LogP contribution in [0.1, 0.15) is 16.7 Å². The molecule has 17 heavy (non-hydrogen) atoms. The fourth-order valence-corrected chi connectivity index (χ4v) is 3.80. The van der Waals surface area contributed by atoms with Gasteiger partial charge in [0, 0.05) is 15.8 Å². The minimum atomic E-state index is -0.911. The van der Waals surface area contributed by atoms with Crippen LogP contribution in [0.3, 0.4) is 0 Å². The maximum Gasteiger partial charge on any atom is 0.148 e. The van der Waals surface area contributed by atoms with E-state index in [1.54, 1.807) is 22.7 Å². The minimum Gasteiger partial charge on any atom is -0.377 e. The third-order valence-corrected chi connectivity index (χ3v) is 5.16. The second-order valence-corrected chi connectivity index (χ2v) is 6.26. The molecule has 92 valence electrons. The van der Waals surface area contributed by atoms with E-state index in [-0.39, 0.29) is 6.04 Å². The Balaban J connectivity index is 2.51. The van der Waals surface area contributed by atoms with Crippen LogP contribution in [-0.2, 0) is 5.60 Å². The molecule has 0 aliphatic rings. The lowest BCUT2D eigenvalue weighted by Gasteiger charge is -2.36. The van der Waals surface area contributed by atoms with E-state index in [4.69, 9.17) is 0 Å². The summed E-state index contributed by atoms with van der Waals surface area (Å²) in [5, 5.41) is 15.2. The van der Waals surface area contributed by atoms with Gasteiger partial charge < -0.3 is 10.0 Å². The SMILES string of the molecule is CC(N(C)C)C(O)(c1cccs1)c1cccs1. The van der Waals surface area contributed by atoms with Crippen molar-refractivity contribution in [2.45, 2.75) is 18.6 Å². The monoisotopic (exact) mass is 267 g/mol. The molecule has 1 atom stereocenters. The molecule has 0 fully saturated rings. The molecule has 2 nitrogen and oxygen atoms in total. The Bertz CT molecular complexity index is 413. The molecule has 0 amide bonds. The van der Waals surface area contributed by atoms with Gasteiger partial charge in [-0.2, -0.15) is 0 Å². The average molecular weight is 267 g/mol. The van der Waals surface area contributed by atoms with E-state index >= 15 is 0 Å². The average Bonchev–Trinajstić information content (AvgIpc) is 2.98. The molecule has 2 aromatic heterocycles. The third kappa shape index (κ3) is 2.18. The van der Waals surface area contributed by atoms with Gasteiger partial charge in [0.1, 0.15) is 5.60 Å². The van der Waals surface area contributed by atoms with Gasteiger partial charge in [-0.15, -0.1) is 22.7 Å². The fourth-order valence-electron chi connectivity index (χ4n) is 1.90. The van der Waals surface area contributed by atoms with Crippen LogP contribution in [0, 0.1) is 0 Å². The zero-order valence-electron chi connectivity index (χ0n) is 10.3. The highest BCUT2D eigenvalue weighted by atomic mass is 32.1. The van der Waals surface area contributed by atoms with Crippen LogP contribution in [0.2, 0.25) is 0 Å². The molecule has 1 N–H and O–H groups in total. The number of hydrogen-bond acceptors (Lipinski definition) is 4. The molecule has 0 bridgehead atoms. The number of rotatable bonds is 4. The Morgan fingerprint density at radius 3 is 1.88 bits per heavy atom. The highest BCUT2D eigenvalue weighted by Gasteiger charge is 2.40. The number of likely N-dealkylation sites (N-methyl/N-ethyl adjacent to an activating group) is 1. The van der Waals surface area contributed by atoms with Crippen LogP contribution in [0.5, 0.6) is 0 Å². The summed E-state index contributed by atoms with van der Waals surface area (Å²) in [7, 11) is 3.99. The lowest BCUT2D eigenvalue weighted by Crippen LogP contribution is -2.45. The minimum absolute atomic E-state index is 0.0276. The van der Waals surface area contributed by atoms with Crippen LogP contribution < -0.4 is 0 Å². The predicted octanol–water partition coefficient (Wildman–Crippen LogP) is 3.00. The number of hydrogen-bond donors (Lipinski definition) is 1. The molecule has 2 rings (SSSR count). The standard InChI is InChI=1S/C13H17NOS2/c1-10(14(2)3)13(15,11-6-4-8-16-11)12-7-5-9-17-12/h4-10,15H,1-3H3. The van der Waals surface area contributed by atoms with Crippen molar-refractivity contribution in [3.63, 3.8) is 0 Å². The Labute approximate surface area is 110 Å². The molecule has 0 aliphatic carbocycles. The van der Waals surface area contributed by atoms with Crippen molar-refractivity contribution in [2.24, 2.45) is 0 Å². The van der Waals surface area contributed by atoms with E-state index in [9.17, 15) is 5.11 Å². The topological polar surface area (TPSA) is 23.5 Å². The van der Waals surface area contributed by atoms with Gasteiger partial charge in [0.2, 0.25) is 0 Å². The maximum absolute atomic E-state index is 11.1. The van der Waals surface area contributed by atoms with Crippen LogP contribution in [0.25, 0.3) is 0 Å². The molecule has 0 radical (unpaired) electrons. The summed E-state index contributed by atoms with van der Waals surface area (Å²) in [6.07, 6.45) is 0. The van der Waals surface area contributed by atoms with E-state index in [1.165, 1.54) is 0 Å². The van der Waals surface area contributed by atoms with E-state index in [0.29, 0.717) is 0 Å². The maximum atomic E-state index is 11.1. The normalized spacial score (nSPS) is 14.2. The Morgan fingerprint density at radius 2 is 1.59 bits per heavy atom. The Kier molecular flexibility index (Phi) is 3.68. The highest BCUT2D eigenvalue weighted by Crippen LogP contribution is 2.39. The molecule has 2 heterocycles. The van der Waals surface area contributed by atoms with Crippen molar-refractivity contribution in [1.29, 1.82) is 0 Å². The summed E-state index contributed by atoms with van der Waals surface area (Å²) in [4.78, 5) is 4.06. The molecule has 0 aliphatic heterocycles. The number of nitrogens with zero attached hydrogens (tertiary/aromatic N) is 1. The van der Waals surface area contributed by atoms with Crippen molar-refractivity contribution < 1.29 is 5.11 Å². The first-order chi connectivity index (χ1) is 8.06. The molecular weight excluding hydrogens is 250 g/mol. The zero-order chi connectivity index (χ0) is 12.5. The third-order valence-electron chi connectivity index (χ3n) is 3.17. The largest absolute Gasteiger partial charge is 0.377 e. The molecular formula is C13H17NOS2. The van der Waals surface area contributed by atoms with Gasteiger partial charge in [0.25, 0.3) is 0 Å². The van der Waals surface area contributed by atoms with Gasteiger partial charge in [-0.3, -0.25) is 0 Å². The first-order valence-electron chi connectivity index (χ1n) is 5.53. The number of thiophene rings is 2. The fraction of sp³-hybridized carbons (Fsp3) is 0.385.